The summed E-state index contributed by atoms with van der Waals surface area (Å²) in [4.78, 5) is 8.84. The molecule has 0 saturated heterocycles. The van der Waals surface area contributed by atoms with Crippen molar-refractivity contribution in [3.8, 4) is 0 Å². The van der Waals surface area contributed by atoms with E-state index in [4.69, 9.17) is 46.4 Å². The van der Waals surface area contributed by atoms with Crippen molar-refractivity contribution in [1.29, 1.82) is 0 Å². The molecule has 0 atom stereocenters. The average molecular weight is 430 g/mol. The third-order valence-corrected chi connectivity index (χ3v) is 5.17. The van der Waals surface area contributed by atoms with Gasteiger partial charge in [-0.05, 0) is 48.2 Å². The fourth-order valence-corrected chi connectivity index (χ4v) is 2.90. The number of nitrogens with zero attached hydrogens (tertiary/aromatic N) is 2. The predicted octanol–water partition coefficient (Wildman–Crippen LogP) is 7.40. The Kier molecular flexibility index (Phi) is 9.49. The number of benzene rings is 2. The molecule has 0 bridgehead atoms. The van der Waals surface area contributed by atoms with Crippen LogP contribution in [0.5, 0.6) is 0 Å². The van der Waals surface area contributed by atoms with Gasteiger partial charge in [0.15, 0.2) is 0 Å². The molecule has 26 heavy (non-hydrogen) atoms. The Hall–Kier alpha value is -1.06. The second-order valence-electron chi connectivity index (χ2n) is 5.83. The van der Waals surface area contributed by atoms with Gasteiger partial charge in [0, 0.05) is 25.5 Å². The maximum Gasteiger partial charge on any atom is 0.0598 e. The van der Waals surface area contributed by atoms with E-state index >= 15 is 0 Å². The first kappa shape index (κ1) is 21.2. The van der Waals surface area contributed by atoms with Crippen molar-refractivity contribution in [3.05, 3.63) is 67.6 Å². The lowest BCUT2D eigenvalue weighted by molar-refractivity contribution is 0.655. The molecule has 0 unspecified atom stereocenters. The summed E-state index contributed by atoms with van der Waals surface area (Å²) in [7, 11) is 0. The minimum Gasteiger partial charge on any atom is -0.293 e. The van der Waals surface area contributed by atoms with E-state index in [0.29, 0.717) is 20.1 Å². The number of hydrogen-bond donors (Lipinski definition) is 0. The second-order valence-corrected chi connectivity index (χ2v) is 7.46. The van der Waals surface area contributed by atoms with Crippen molar-refractivity contribution in [3.63, 3.8) is 0 Å². The van der Waals surface area contributed by atoms with Gasteiger partial charge in [-0.15, -0.1) is 0 Å². The minimum absolute atomic E-state index is 0.553. The van der Waals surface area contributed by atoms with Crippen LogP contribution in [0.2, 0.25) is 20.1 Å². The number of unbranched alkanes of at least 4 members (excludes halogenated alkanes) is 3. The van der Waals surface area contributed by atoms with E-state index in [-0.39, 0.29) is 0 Å². The molecule has 138 valence electrons. The first-order valence-corrected chi connectivity index (χ1v) is 9.97. The normalized spacial score (nSPS) is 11.7. The highest BCUT2D eigenvalue weighted by Crippen LogP contribution is 2.22. The molecule has 0 saturated carbocycles. The van der Waals surface area contributed by atoms with Gasteiger partial charge in [0.25, 0.3) is 0 Å². The standard InChI is InChI=1S/C20H20Cl4N2/c21-17-7-5-15(11-19(17)23)13-25-9-3-1-2-4-10-26-14-16-6-8-18(22)20(24)12-16/h5-8,11-14H,1-4,9-10H2. The number of hydrogen-bond acceptors (Lipinski definition) is 2. The third-order valence-electron chi connectivity index (χ3n) is 3.69. The molecular formula is C20H20Cl4N2. The smallest absolute Gasteiger partial charge is 0.0598 e. The van der Waals surface area contributed by atoms with Crippen LogP contribution in [0.3, 0.4) is 0 Å². The van der Waals surface area contributed by atoms with E-state index in [1.54, 1.807) is 12.1 Å². The number of rotatable bonds is 9. The highest BCUT2D eigenvalue weighted by atomic mass is 35.5. The molecule has 0 heterocycles. The molecule has 2 nitrogen and oxygen atoms in total. The summed E-state index contributed by atoms with van der Waals surface area (Å²) in [6.07, 6.45) is 8.08. The quantitative estimate of drug-likeness (QED) is 0.293. The number of halogens is 4. The molecule has 0 radical (unpaired) electrons. The van der Waals surface area contributed by atoms with Crippen molar-refractivity contribution in [2.24, 2.45) is 9.98 Å². The monoisotopic (exact) mass is 428 g/mol. The van der Waals surface area contributed by atoms with Gasteiger partial charge in [-0.25, -0.2) is 0 Å². The summed E-state index contributed by atoms with van der Waals surface area (Å²) in [6.45, 7) is 1.62. The van der Waals surface area contributed by atoms with Crippen LogP contribution in [0, 0.1) is 0 Å². The largest absolute Gasteiger partial charge is 0.293 e. The minimum atomic E-state index is 0.553. The average Bonchev–Trinajstić information content (AvgIpc) is 2.62. The lowest BCUT2D eigenvalue weighted by Gasteiger charge is -1.99. The summed E-state index contributed by atoms with van der Waals surface area (Å²) in [5.74, 6) is 0. The molecule has 0 aromatic heterocycles. The molecule has 2 aromatic rings. The highest BCUT2D eigenvalue weighted by molar-refractivity contribution is 6.42. The Morgan fingerprint density at radius 2 is 1.00 bits per heavy atom. The zero-order valence-corrected chi connectivity index (χ0v) is 17.3. The molecule has 2 rings (SSSR count). The van der Waals surface area contributed by atoms with Gasteiger partial charge in [-0.3, -0.25) is 9.98 Å². The van der Waals surface area contributed by atoms with Crippen molar-refractivity contribution in [1.82, 2.24) is 0 Å². The number of aliphatic imine (C=N–C) groups is 2. The summed E-state index contributed by atoms with van der Waals surface area (Å²) in [5.41, 5.74) is 1.94. The Balaban J connectivity index is 1.56. The van der Waals surface area contributed by atoms with Gasteiger partial charge in [-0.1, -0.05) is 71.4 Å². The molecule has 0 spiro atoms. The van der Waals surface area contributed by atoms with E-state index in [9.17, 15) is 0 Å². The van der Waals surface area contributed by atoms with E-state index in [2.05, 4.69) is 9.98 Å². The van der Waals surface area contributed by atoms with Gasteiger partial charge in [0.05, 0.1) is 20.1 Å². The van der Waals surface area contributed by atoms with Gasteiger partial charge >= 0.3 is 0 Å². The Labute approximate surface area is 174 Å². The molecular weight excluding hydrogens is 410 g/mol. The molecule has 0 aliphatic rings. The van der Waals surface area contributed by atoms with Crippen molar-refractivity contribution in [2.45, 2.75) is 25.7 Å². The Morgan fingerprint density at radius 3 is 1.38 bits per heavy atom. The van der Waals surface area contributed by atoms with Gasteiger partial charge in [-0.2, -0.15) is 0 Å². The lowest BCUT2D eigenvalue weighted by atomic mass is 10.2. The van der Waals surface area contributed by atoms with Crippen molar-refractivity contribution >= 4 is 58.8 Å². The molecule has 0 aliphatic heterocycles. The van der Waals surface area contributed by atoms with E-state index in [1.165, 1.54) is 0 Å². The van der Waals surface area contributed by atoms with Gasteiger partial charge in [0.2, 0.25) is 0 Å². The van der Waals surface area contributed by atoms with Crippen LogP contribution in [-0.4, -0.2) is 25.5 Å². The maximum absolute atomic E-state index is 5.97. The first-order valence-electron chi connectivity index (χ1n) is 8.46. The van der Waals surface area contributed by atoms with Crippen LogP contribution < -0.4 is 0 Å². The second kappa shape index (κ2) is 11.6. The molecule has 0 aliphatic carbocycles. The van der Waals surface area contributed by atoms with Gasteiger partial charge < -0.3 is 0 Å². The molecule has 0 amide bonds. The summed E-state index contributed by atoms with van der Waals surface area (Å²) < 4.78 is 0. The van der Waals surface area contributed by atoms with E-state index < -0.39 is 0 Å². The highest BCUT2D eigenvalue weighted by Gasteiger charge is 1.98. The molecule has 0 fully saturated rings. The molecule has 0 N–H and O–H groups in total. The zero-order chi connectivity index (χ0) is 18.8. The predicted molar refractivity (Wildman–Crippen MR) is 116 cm³/mol. The lowest BCUT2D eigenvalue weighted by Crippen LogP contribution is -1.89. The van der Waals surface area contributed by atoms with Crippen molar-refractivity contribution in [2.75, 3.05) is 13.1 Å². The fraction of sp³-hybridized carbons (Fsp3) is 0.300. The van der Waals surface area contributed by atoms with E-state index in [0.717, 1.165) is 49.9 Å². The SMILES string of the molecule is Clc1ccc(C=NCCCCCCN=Cc2ccc(Cl)c(Cl)c2)cc1Cl. The zero-order valence-electron chi connectivity index (χ0n) is 14.3. The van der Waals surface area contributed by atoms with Crippen LogP contribution in [0.25, 0.3) is 0 Å². The topological polar surface area (TPSA) is 24.7 Å². The van der Waals surface area contributed by atoms with E-state index in [1.807, 2.05) is 36.7 Å². The van der Waals surface area contributed by atoms with Crippen molar-refractivity contribution < 1.29 is 0 Å². The summed E-state index contributed by atoms with van der Waals surface area (Å²) in [6, 6.07) is 11.0. The summed E-state index contributed by atoms with van der Waals surface area (Å²) in [5, 5.41) is 2.23. The maximum atomic E-state index is 5.97. The Morgan fingerprint density at radius 1 is 0.577 bits per heavy atom. The van der Waals surface area contributed by atoms with Crippen LogP contribution in [-0.2, 0) is 0 Å². The van der Waals surface area contributed by atoms with Crippen LogP contribution in [0.15, 0.2) is 46.4 Å². The first-order chi connectivity index (χ1) is 12.6. The van der Waals surface area contributed by atoms with Gasteiger partial charge in [0.1, 0.15) is 0 Å². The third kappa shape index (κ3) is 7.67. The van der Waals surface area contributed by atoms with Crippen LogP contribution >= 0.6 is 46.4 Å². The Bertz CT molecular complexity index is 707. The molecule has 2 aromatic carbocycles. The summed E-state index contributed by atoms with van der Waals surface area (Å²) >= 11 is 23.7. The fourth-order valence-electron chi connectivity index (χ4n) is 2.29. The van der Waals surface area contributed by atoms with Crippen LogP contribution in [0.1, 0.15) is 36.8 Å². The molecule has 6 heteroatoms. The van der Waals surface area contributed by atoms with Crippen LogP contribution in [0.4, 0.5) is 0 Å².